The topological polar surface area (TPSA) is 46.6 Å². The SMILES string of the molecule is Cc1nc(N)c2cc(N3CCCCC3)ccn12. The van der Waals surface area contributed by atoms with E-state index in [0.29, 0.717) is 5.82 Å². The summed E-state index contributed by atoms with van der Waals surface area (Å²) in [6.07, 6.45) is 6.00. The van der Waals surface area contributed by atoms with Crippen LogP contribution < -0.4 is 10.6 Å². The zero-order valence-electron chi connectivity index (χ0n) is 10.2. The number of nitrogens with two attached hydrogens (primary N) is 1. The molecule has 17 heavy (non-hydrogen) atoms. The monoisotopic (exact) mass is 230 g/mol. The van der Waals surface area contributed by atoms with E-state index in [9.17, 15) is 0 Å². The number of nitrogens with zero attached hydrogens (tertiary/aromatic N) is 3. The Morgan fingerprint density at radius 3 is 2.76 bits per heavy atom. The van der Waals surface area contributed by atoms with Gasteiger partial charge in [0.05, 0.1) is 5.52 Å². The van der Waals surface area contributed by atoms with Crippen molar-refractivity contribution in [3.63, 3.8) is 0 Å². The summed E-state index contributed by atoms with van der Waals surface area (Å²) in [6, 6.07) is 4.31. The highest BCUT2D eigenvalue weighted by molar-refractivity contribution is 5.71. The van der Waals surface area contributed by atoms with Gasteiger partial charge in [-0.3, -0.25) is 0 Å². The Labute approximate surface area is 101 Å². The number of aryl methyl sites for hydroxylation is 1. The minimum absolute atomic E-state index is 0.626. The molecule has 1 aliphatic rings. The van der Waals surface area contributed by atoms with E-state index < -0.39 is 0 Å². The van der Waals surface area contributed by atoms with Gasteiger partial charge in [0.25, 0.3) is 0 Å². The summed E-state index contributed by atoms with van der Waals surface area (Å²) >= 11 is 0. The molecule has 0 amide bonds. The second-order valence-corrected chi connectivity index (χ2v) is 4.73. The van der Waals surface area contributed by atoms with Gasteiger partial charge in [-0.05, 0) is 38.3 Å². The summed E-state index contributed by atoms with van der Waals surface area (Å²) in [4.78, 5) is 6.73. The maximum Gasteiger partial charge on any atom is 0.149 e. The largest absolute Gasteiger partial charge is 0.382 e. The predicted octanol–water partition coefficient (Wildman–Crippen LogP) is 2.22. The highest BCUT2D eigenvalue weighted by Gasteiger charge is 2.13. The number of hydrogen-bond acceptors (Lipinski definition) is 3. The van der Waals surface area contributed by atoms with Crippen LogP contribution in [0.1, 0.15) is 25.1 Å². The average Bonchev–Trinajstić information content (AvgIpc) is 2.66. The lowest BCUT2D eigenvalue weighted by Crippen LogP contribution is -2.29. The van der Waals surface area contributed by atoms with Crippen molar-refractivity contribution in [1.82, 2.24) is 9.38 Å². The second-order valence-electron chi connectivity index (χ2n) is 4.73. The van der Waals surface area contributed by atoms with Crippen molar-refractivity contribution in [3.05, 3.63) is 24.2 Å². The lowest BCUT2D eigenvalue weighted by Gasteiger charge is -2.28. The Hall–Kier alpha value is -1.71. The smallest absolute Gasteiger partial charge is 0.149 e. The summed E-state index contributed by atoms with van der Waals surface area (Å²) in [5.41, 5.74) is 8.21. The van der Waals surface area contributed by atoms with E-state index in [2.05, 4.69) is 28.2 Å². The highest BCUT2D eigenvalue weighted by Crippen LogP contribution is 2.24. The molecule has 1 saturated heterocycles. The van der Waals surface area contributed by atoms with Crippen LogP contribution >= 0.6 is 0 Å². The first kappa shape index (κ1) is 10.4. The third-order valence-electron chi connectivity index (χ3n) is 3.55. The molecule has 2 aromatic rings. The van der Waals surface area contributed by atoms with E-state index in [1.807, 2.05) is 11.3 Å². The summed E-state index contributed by atoms with van der Waals surface area (Å²) in [5.74, 6) is 1.57. The van der Waals surface area contributed by atoms with Crippen LogP contribution in [0.5, 0.6) is 0 Å². The number of imidazole rings is 1. The van der Waals surface area contributed by atoms with E-state index in [1.54, 1.807) is 0 Å². The first-order chi connectivity index (χ1) is 8.25. The molecule has 0 aromatic carbocycles. The number of aromatic nitrogens is 2. The molecule has 4 heteroatoms. The molecule has 90 valence electrons. The van der Waals surface area contributed by atoms with Crippen LogP contribution in [0.3, 0.4) is 0 Å². The van der Waals surface area contributed by atoms with Gasteiger partial charge in [-0.1, -0.05) is 0 Å². The highest BCUT2D eigenvalue weighted by atomic mass is 15.1. The lowest BCUT2D eigenvalue weighted by atomic mass is 10.1. The molecule has 1 fully saturated rings. The molecule has 0 aliphatic carbocycles. The van der Waals surface area contributed by atoms with Crippen LogP contribution in [-0.2, 0) is 0 Å². The van der Waals surface area contributed by atoms with Gasteiger partial charge in [0.1, 0.15) is 11.6 Å². The Balaban J connectivity index is 2.03. The minimum atomic E-state index is 0.626. The van der Waals surface area contributed by atoms with E-state index in [4.69, 9.17) is 5.73 Å². The maximum atomic E-state index is 5.93. The fourth-order valence-electron chi connectivity index (χ4n) is 2.60. The van der Waals surface area contributed by atoms with Crippen LogP contribution in [0.25, 0.3) is 5.52 Å². The first-order valence-corrected chi connectivity index (χ1v) is 6.25. The summed E-state index contributed by atoms with van der Waals surface area (Å²) < 4.78 is 2.04. The molecular formula is C13H18N4. The van der Waals surface area contributed by atoms with E-state index >= 15 is 0 Å². The molecule has 0 radical (unpaired) electrons. The molecule has 0 unspecified atom stereocenters. The third-order valence-corrected chi connectivity index (χ3v) is 3.55. The van der Waals surface area contributed by atoms with Crippen molar-refractivity contribution in [2.75, 3.05) is 23.7 Å². The molecule has 0 saturated carbocycles. The summed E-state index contributed by atoms with van der Waals surface area (Å²) in [6.45, 7) is 4.29. The number of pyridine rings is 1. The van der Waals surface area contributed by atoms with E-state index in [0.717, 1.165) is 24.4 Å². The molecular weight excluding hydrogens is 212 g/mol. The van der Waals surface area contributed by atoms with Gasteiger partial charge in [0, 0.05) is 25.0 Å². The van der Waals surface area contributed by atoms with Crippen molar-refractivity contribution >= 4 is 17.0 Å². The van der Waals surface area contributed by atoms with Crippen LogP contribution in [-0.4, -0.2) is 22.5 Å². The van der Waals surface area contributed by atoms with Crippen LogP contribution in [0.15, 0.2) is 18.3 Å². The molecule has 4 nitrogen and oxygen atoms in total. The van der Waals surface area contributed by atoms with Gasteiger partial charge in [0.2, 0.25) is 0 Å². The predicted molar refractivity (Wildman–Crippen MR) is 70.4 cm³/mol. The van der Waals surface area contributed by atoms with Gasteiger partial charge < -0.3 is 15.0 Å². The molecule has 2 N–H and O–H groups in total. The van der Waals surface area contributed by atoms with Crippen LogP contribution in [0.2, 0.25) is 0 Å². The van der Waals surface area contributed by atoms with Gasteiger partial charge >= 0.3 is 0 Å². The minimum Gasteiger partial charge on any atom is -0.382 e. The molecule has 1 aliphatic heterocycles. The zero-order valence-corrected chi connectivity index (χ0v) is 10.2. The van der Waals surface area contributed by atoms with Gasteiger partial charge in [0.15, 0.2) is 0 Å². The van der Waals surface area contributed by atoms with Crippen molar-refractivity contribution < 1.29 is 0 Å². The Bertz CT molecular complexity index is 538. The Kier molecular flexibility index (Phi) is 2.42. The summed E-state index contributed by atoms with van der Waals surface area (Å²) in [7, 11) is 0. The standard InChI is InChI=1S/C13H18N4/c1-10-15-13(14)12-9-11(5-8-17(10)12)16-6-3-2-4-7-16/h5,8-9H,2-4,6-7,14H2,1H3. The third kappa shape index (κ3) is 1.73. The number of hydrogen-bond donors (Lipinski definition) is 1. The number of fused-ring (bicyclic) bond motifs is 1. The van der Waals surface area contributed by atoms with E-state index in [-0.39, 0.29) is 0 Å². The zero-order chi connectivity index (χ0) is 11.8. The molecule has 3 rings (SSSR count). The lowest BCUT2D eigenvalue weighted by molar-refractivity contribution is 0.578. The van der Waals surface area contributed by atoms with Crippen molar-refractivity contribution in [2.45, 2.75) is 26.2 Å². The Morgan fingerprint density at radius 1 is 1.24 bits per heavy atom. The molecule has 0 atom stereocenters. The molecule has 0 bridgehead atoms. The van der Waals surface area contributed by atoms with Crippen LogP contribution in [0, 0.1) is 6.92 Å². The van der Waals surface area contributed by atoms with Gasteiger partial charge in [-0.25, -0.2) is 4.98 Å². The van der Waals surface area contributed by atoms with Crippen molar-refractivity contribution in [3.8, 4) is 0 Å². The number of rotatable bonds is 1. The molecule has 0 spiro atoms. The maximum absolute atomic E-state index is 5.93. The van der Waals surface area contributed by atoms with E-state index in [1.165, 1.54) is 24.9 Å². The van der Waals surface area contributed by atoms with Crippen molar-refractivity contribution in [1.29, 1.82) is 0 Å². The molecule has 3 heterocycles. The second kappa shape index (κ2) is 3.95. The number of piperidine rings is 1. The van der Waals surface area contributed by atoms with Crippen molar-refractivity contribution in [2.24, 2.45) is 0 Å². The average molecular weight is 230 g/mol. The normalized spacial score (nSPS) is 16.6. The fraction of sp³-hybridized carbons (Fsp3) is 0.462. The van der Waals surface area contributed by atoms with Gasteiger partial charge in [-0.2, -0.15) is 0 Å². The van der Waals surface area contributed by atoms with Gasteiger partial charge in [-0.15, -0.1) is 0 Å². The fourth-order valence-corrected chi connectivity index (χ4v) is 2.60. The number of nitrogen functional groups attached to an aromatic ring is 1. The quantitative estimate of drug-likeness (QED) is 0.817. The number of anilines is 2. The Morgan fingerprint density at radius 2 is 2.00 bits per heavy atom. The van der Waals surface area contributed by atoms with Crippen LogP contribution in [0.4, 0.5) is 11.5 Å². The molecule has 2 aromatic heterocycles. The summed E-state index contributed by atoms with van der Waals surface area (Å²) in [5, 5.41) is 0. The first-order valence-electron chi connectivity index (χ1n) is 6.25.